The first-order valence-electron chi connectivity index (χ1n) is 4.15. The molecule has 0 unspecified atom stereocenters. The zero-order chi connectivity index (χ0) is 9.38. The smallest absolute Gasteiger partial charge is 0.204 e. The predicted octanol–water partition coefficient (Wildman–Crippen LogP) is 0.968. The van der Waals surface area contributed by atoms with E-state index in [-0.39, 0.29) is 0 Å². The van der Waals surface area contributed by atoms with E-state index < -0.39 is 0 Å². The van der Waals surface area contributed by atoms with Crippen molar-refractivity contribution in [1.82, 2.24) is 25.6 Å². The third-order valence-corrected chi connectivity index (χ3v) is 2.08. The second-order valence-electron chi connectivity index (χ2n) is 2.90. The van der Waals surface area contributed by atoms with E-state index in [0.717, 1.165) is 10.8 Å². The lowest BCUT2D eigenvalue weighted by atomic mass is 10.1. The van der Waals surface area contributed by atoms with Gasteiger partial charge in [-0.05, 0) is 10.4 Å². The highest BCUT2D eigenvalue weighted by atomic mass is 15.4. The molecule has 0 aliphatic heterocycles. The number of fused-ring (bicyclic) bond motifs is 3. The molecule has 0 radical (unpaired) electrons. The highest BCUT2D eigenvalue weighted by molar-refractivity contribution is 6.01. The second-order valence-corrected chi connectivity index (χ2v) is 2.90. The molecule has 0 aliphatic rings. The average Bonchev–Trinajstić information content (AvgIpc) is 2.29. The van der Waals surface area contributed by atoms with Gasteiger partial charge in [0.25, 0.3) is 0 Å². The third kappa shape index (κ3) is 0.922. The van der Waals surface area contributed by atoms with Gasteiger partial charge in [-0.2, -0.15) is 0 Å². The molecule has 0 N–H and O–H groups in total. The fraction of sp³-hybridized carbons (Fsp3) is 0. The van der Waals surface area contributed by atoms with Crippen molar-refractivity contribution < 1.29 is 0 Å². The van der Waals surface area contributed by atoms with Crippen molar-refractivity contribution in [1.29, 1.82) is 0 Å². The summed E-state index contributed by atoms with van der Waals surface area (Å²) in [6, 6.07) is 7.85. The van der Waals surface area contributed by atoms with Crippen LogP contribution in [0.1, 0.15) is 0 Å². The summed E-state index contributed by atoms with van der Waals surface area (Å²) in [5, 5.41) is 16.7. The van der Waals surface area contributed by atoms with Crippen LogP contribution in [0.4, 0.5) is 0 Å². The van der Waals surface area contributed by atoms with Gasteiger partial charge >= 0.3 is 0 Å². The van der Waals surface area contributed by atoms with Crippen LogP contribution in [0, 0.1) is 0 Å². The van der Waals surface area contributed by atoms with E-state index in [4.69, 9.17) is 0 Å². The molecule has 5 heteroatoms. The molecule has 3 rings (SSSR count). The Morgan fingerprint density at radius 1 is 0.929 bits per heavy atom. The third-order valence-electron chi connectivity index (χ3n) is 2.08. The van der Waals surface area contributed by atoms with E-state index in [1.165, 1.54) is 0 Å². The number of hydrogen-bond acceptors (Lipinski definition) is 5. The average molecular weight is 183 g/mol. The van der Waals surface area contributed by atoms with Crippen LogP contribution in [0.25, 0.3) is 21.9 Å². The van der Waals surface area contributed by atoms with E-state index in [9.17, 15) is 0 Å². The van der Waals surface area contributed by atoms with Gasteiger partial charge in [-0.15, -0.1) is 10.2 Å². The van der Waals surface area contributed by atoms with Gasteiger partial charge < -0.3 is 0 Å². The van der Waals surface area contributed by atoms with Crippen LogP contribution in [0.15, 0.2) is 30.5 Å². The van der Waals surface area contributed by atoms with Gasteiger partial charge in [-0.1, -0.05) is 24.3 Å². The normalized spacial score (nSPS) is 10.9. The molecule has 0 atom stereocenters. The molecule has 1 aromatic carbocycles. The summed E-state index contributed by atoms with van der Waals surface area (Å²) in [6.07, 6.45) is 1.76. The molecule has 5 nitrogen and oxygen atoms in total. The van der Waals surface area contributed by atoms with Gasteiger partial charge in [0.2, 0.25) is 5.65 Å². The molecule has 3 aromatic rings. The Hall–Kier alpha value is -2.17. The molecular formula is C9H5N5. The molecule has 2 heterocycles. The van der Waals surface area contributed by atoms with Crippen molar-refractivity contribution in [2.24, 2.45) is 0 Å². The Morgan fingerprint density at radius 2 is 1.79 bits per heavy atom. The van der Waals surface area contributed by atoms with Crippen molar-refractivity contribution in [3.05, 3.63) is 30.5 Å². The zero-order valence-electron chi connectivity index (χ0n) is 7.12. The molecule has 14 heavy (non-hydrogen) atoms. The van der Waals surface area contributed by atoms with E-state index in [1.807, 2.05) is 24.3 Å². The molecule has 0 saturated heterocycles. The van der Waals surface area contributed by atoms with Crippen LogP contribution in [0.2, 0.25) is 0 Å². The van der Waals surface area contributed by atoms with E-state index >= 15 is 0 Å². The Bertz CT molecular complexity index is 552. The summed E-state index contributed by atoms with van der Waals surface area (Å²) in [5.74, 6) is 0. The first-order valence-corrected chi connectivity index (χ1v) is 4.15. The number of hydrogen-bond donors (Lipinski definition) is 0. The van der Waals surface area contributed by atoms with Crippen molar-refractivity contribution in [3.8, 4) is 0 Å². The summed E-state index contributed by atoms with van der Waals surface area (Å²) in [6.45, 7) is 0. The van der Waals surface area contributed by atoms with Crippen LogP contribution in [0.5, 0.6) is 0 Å². The molecule has 0 saturated carbocycles. The largest absolute Gasteiger partial charge is 0.233 e. The number of pyridine rings is 1. The lowest BCUT2D eigenvalue weighted by molar-refractivity contribution is 0.792. The van der Waals surface area contributed by atoms with Crippen LogP contribution < -0.4 is 0 Å². The van der Waals surface area contributed by atoms with Gasteiger partial charge in [0, 0.05) is 17.0 Å². The first kappa shape index (κ1) is 7.25. The summed E-state index contributed by atoms with van der Waals surface area (Å²) >= 11 is 0. The van der Waals surface area contributed by atoms with Gasteiger partial charge in [0.1, 0.15) is 5.52 Å². The van der Waals surface area contributed by atoms with Crippen LogP contribution >= 0.6 is 0 Å². The summed E-state index contributed by atoms with van der Waals surface area (Å²) in [5.41, 5.74) is 1.22. The van der Waals surface area contributed by atoms with Crippen molar-refractivity contribution >= 4 is 21.9 Å². The lowest BCUT2D eigenvalue weighted by Gasteiger charge is -1.97. The van der Waals surface area contributed by atoms with Gasteiger partial charge in [0.15, 0.2) is 0 Å². The first-order chi connectivity index (χ1) is 6.95. The Morgan fingerprint density at radius 3 is 2.79 bits per heavy atom. The minimum Gasteiger partial charge on any atom is -0.233 e. The minimum atomic E-state index is 0.527. The topological polar surface area (TPSA) is 64.5 Å². The SMILES string of the molecule is c1ccc2c(c1)cnc1nnnnc12. The maximum atomic E-state index is 4.13. The maximum Gasteiger partial charge on any atom is 0.204 e. The maximum absolute atomic E-state index is 4.13. The number of rotatable bonds is 0. The molecule has 0 bridgehead atoms. The minimum absolute atomic E-state index is 0.527. The van der Waals surface area contributed by atoms with E-state index in [0.29, 0.717) is 11.2 Å². The summed E-state index contributed by atoms with van der Waals surface area (Å²) in [7, 11) is 0. The Balaban J connectivity index is 2.61. The van der Waals surface area contributed by atoms with Gasteiger partial charge in [-0.25, -0.2) is 4.98 Å². The lowest BCUT2D eigenvalue weighted by Crippen LogP contribution is -1.95. The number of aromatic nitrogens is 5. The second kappa shape index (κ2) is 2.66. The van der Waals surface area contributed by atoms with Crippen molar-refractivity contribution in [2.75, 3.05) is 0 Å². The highest BCUT2D eigenvalue weighted by Crippen LogP contribution is 2.18. The highest BCUT2D eigenvalue weighted by Gasteiger charge is 2.02. The molecule has 0 spiro atoms. The van der Waals surface area contributed by atoms with Crippen LogP contribution in [0.3, 0.4) is 0 Å². The predicted molar refractivity (Wildman–Crippen MR) is 50.4 cm³/mol. The van der Waals surface area contributed by atoms with Crippen LogP contribution in [-0.4, -0.2) is 25.6 Å². The molecule has 0 aliphatic carbocycles. The fourth-order valence-electron chi connectivity index (χ4n) is 1.44. The zero-order valence-corrected chi connectivity index (χ0v) is 7.12. The molecule has 66 valence electrons. The Kier molecular flexibility index (Phi) is 1.38. The number of nitrogens with zero attached hydrogens (tertiary/aromatic N) is 5. The van der Waals surface area contributed by atoms with Crippen LogP contribution in [-0.2, 0) is 0 Å². The summed E-state index contributed by atoms with van der Waals surface area (Å²) < 4.78 is 0. The fourth-order valence-corrected chi connectivity index (χ4v) is 1.44. The molecule has 0 fully saturated rings. The van der Waals surface area contributed by atoms with Gasteiger partial charge in [-0.3, -0.25) is 0 Å². The Labute approximate surface area is 78.8 Å². The monoisotopic (exact) mass is 183 g/mol. The molecule has 0 amide bonds. The van der Waals surface area contributed by atoms with E-state index in [2.05, 4.69) is 25.6 Å². The quantitative estimate of drug-likeness (QED) is 0.486. The van der Waals surface area contributed by atoms with E-state index in [1.54, 1.807) is 6.20 Å². The molecular weight excluding hydrogens is 178 g/mol. The molecule has 2 aromatic heterocycles. The van der Waals surface area contributed by atoms with Gasteiger partial charge in [0.05, 0.1) is 0 Å². The standard InChI is InChI=1S/C9H5N5/c1-2-4-7-6(3-1)5-10-9-8(7)11-13-14-12-9/h1-5H. The van der Waals surface area contributed by atoms with Crippen molar-refractivity contribution in [2.45, 2.75) is 0 Å². The number of benzene rings is 1. The van der Waals surface area contributed by atoms with Crippen molar-refractivity contribution in [3.63, 3.8) is 0 Å². The summed E-state index contributed by atoms with van der Waals surface area (Å²) in [4.78, 5) is 4.13.